The van der Waals surface area contributed by atoms with Gasteiger partial charge in [0.05, 0.1) is 5.56 Å². The molecule has 0 aromatic carbocycles. The third-order valence-electron chi connectivity index (χ3n) is 5.64. The number of rotatable bonds is 5. The van der Waals surface area contributed by atoms with Gasteiger partial charge < -0.3 is 14.9 Å². The molecule has 0 unspecified atom stereocenters. The highest BCUT2D eigenvalue weighted by atomic mass is 16.3. The summed E-state index contributed by atoms with van der Waals surface area (Å²) in [6, 6.07) is 3.27. The number of urea groups is 1. The van der Waals surface area contributed by atoms with Crippen molar-refractivity contribution in [2.45, 2.75) is 46.1 Å². The first-order valence-corrected chi connectivity index (χ1v) is 10.7. The minimum atomic E-state index is -0.845. The van der Waals surface area contributed by atoms with Crippen LogP contribution in [-0.2, 0) is 9.59 Å². The van der Waals surface area contributed by atoms with Crippen LogP contribution in [0.5, 0.6) is 0 Å². The lowest BCUT2D eigenvalue weighted by Gasteiger charge is -2.42. The predicted octanol–water partition coefficient (Wildman–Crippen LogP) is 2.64. The molecule has 9 nitrogen and oxygen atoms in total. The number of aromatic nitrogens is 1. The van der Waals surface area contributed by atoms with Crippen molar-refractivity contribution in [2.24, 2.45) is 5.92 Å². The van der Waals surface area contributed by atoms with Crippen molar-refractivity contribution in [1.29, 1.82) is 0 Å². The molecule has 3 heterocycles. The van der Waals surface area contributed by atoms with Gasteiger partial charge in [0.2, 0.25) is 0 Å². The van der Waals surface area contributed by atoms with Crippen LogP contribution in [0.15, 0.2) is 36.2 Å². The molecule has 4 amide bonds. The van der Waals surface area contributed by atoms with Crippen LogP contribution in [0, 0.1) is 5.92 Å². The van der Waals surface area contributed by atoms with Crippen molar-refractivity contribution >= 4 is 24.3 Å². The number of carbonyl (C=O) groups excluding carboxylic acids is 3. The Labute approximate surface area is 188 Å². The van der Waals surface area contributed by atoms with E-state index in [0.717, 1.165) is 5.57 Å². The van der Waals surface area contributed by atoms with Crippen LogP contribution in [0.1, 0.15) is 50.9 Å². The molecule has 0 saturated carbocycles. The molecular weight excluding hydrogens is 412 g/mol. The maximum Gasteiger partial charge on any atom is 0.327 e. The summed E-state index contributed by atoms with van der Waals surface area (Å²) >= 11 is 0. The largest absolute Gasteiger partial charge is 0.483 e. The Bertz CT molecular complexity index is 856. The highest BCUT2D eigenvalue weighted by Crippen LogP contribution is 2.38. The number of pyridine rings is 1. The quantitative estimate of drug-likeness (QED) is 0.425. The summed E-state index contributed by atoms with van der Waals surface area (Å²) in [4.78, 5) is 56.5. The van der Waals surface area contributed by atoms with Crippen molar-refractivity contribution in [3.8, 4) is 0 Å². The number of imide groups is 1. The van der Waals surface area contributed by atoms with Crippen molar-refractivity contribution in [2.75, 3.05) is 26.2 Å². The Morgan fingerprint density at radius 2 is 1.88 bits per heavy atom. The molecule has 0 radical (unpaired) electrons. The zero-order chi connectivity index (χ0) is 23.9. The molecule has 1 spiro atoms. The fourth-order valence-corrected chi connectivity index (χ4v) is 4.07. The Balaban J connectivity index is 0.00000114. The maximum absolute atomic E-state index is 13.4. The van der Waals surface area contributed by atoms with Gasteiger partial charge in [-0.05, 0) is 44.7 Å². The number of allylic oxidation sites excluding steroid dienone is 1. The van der Waals surface area contributed by atoms with E-state index < -0.39 is 5.54 Å². The van der Waals surface area contributed by atoms with Gasteiger partial charge >= 0.3 is 6.03 Å². The lowest BCUT2D eigenvalue weighted by Crippen LogP contribution is -2.58. The molecule has 32 heavy (non-hydrogen) atoms. The van der Waals surface area contributed by atoms with Gasteiger partial charge in [-0.3, -0.25) is 24.3 Å². The lowest BCUT2D eigenvalue weighted by molar-refractivity contribution is -0.135. The van der Waals surface area contributed by atoms with Crippen molar-refractivity contribution in [3.05, 3.63) is 41.7 Å². The SMILES string of the molecule is CC(C)=CCN1C(=O)N(CC(C)C)C2(CCN(C(=O)c3cccnc3)CC2)C1=O.O=CO. The first-order chi connectivity index (χ1) is 15.2. The van der Waals surface area contributed by atoms with Gasteiger partial charge in [-0.1, -0.05) is 25.5 Å². The molecule has 3 rings (SSSR count). The third kappa shape index (κ3) is 5.33. The van der Waals surface area contributed by atoms with Gasteiger partial charge in [-0.25, -0.2) is 4.79 Å². The van der Waals surface area contributed by atoms with Crippen LogP contribution in [0.25, 0.3) is 0 Å². The third-order valence-corrected chi connectivity index (χ3v) is 5.64. The van der Waals surface area contributed by atoms with E-state index in [2.05, 4.69) is 4.98 Å². The van der Waals surface area contributed by atoms with E-state index >= 15 is 0 Å². The molecule has 0 bridgehead atoms. The van der Waals surface area contributed by atoms with Gasteiger partial charge in [0.1, 0.15) is 5.54 Å². The van der Waals surface area contributed by atoms with Gasteiger partial charge in [-0.2, -0.15) is 0 Å². The summed E-state index contributed by atoms with van der Waals surface area (Å²) in [5.41, 5.74) is 0.767. The Hall–Kier alpha value is -3.23. The summed E-state index contributed by atoms with van der Waals surface area (Å²) in [5.74, 6) is 0.0396. The number of piperidine rings is 1. The molecule has 0 aliphatic carbocycles. The number of carbonyl (C=O) groups is 4. The zero-order valence-corrected chi connectivity index (χ0v) is 19.2. The van der Waals surface area contributed by atoms with E-state index in [4.69, 9.17) is 9.90 Å². The maximum atomic E-state index is 13.4. The fraction of sp³-hybridized carbons (Fsp3) is 0.522. The number of nitrogens with zero attached hydrogens (tertiary/aromatic N) is 4. The van der Waals surface area contributed by atoms with Crippen LogP contribution >= 0.6 is 0 Å². The van der Waals surface area contributed by atoms with E-state index in [-0.39, 0.29) is 30.2 Å². The normalized spacial score (nSPS) is 17.3. The van der Waals surface area contributed by atoms with Crippen molar-refractivity contribution < 1.29 is 24.3 Å². The number of likely N-dealkylation sites (tertiary alicyclic amines) is 1. The molecule has 2 fully saturated rings. The molecule has 174 valence electrons. The number of amides is 4. The standard InChI is InChI=1S/C22H30N4O3.CH2O2/c1-16(2)7-11-25-20(28)22(26(21(25)29)15-17(3)4)8-12-24(13-9-22)19(27)18-6-5-10-23-14-18;2-1-3/h5-7,10,14,17H,8-9,11-13,15H2,1-4H3;1H,(H,2,3). The first-order valence-electron chi connectivity index (χ1n) is 10.7. The Morgan fingerprint density at radius 3 is 2.38 bits per heavy atom. The van der Waals surface area contributed by atoms with E-state index in [1.165, 1.54) is 4.90 Å². The second-order valence-corrected chi connectivity index (χ2v) is 8.66. The summed E-state index contributed by atoms with van der Waals surface area (Å²) in [6.07, 6.45) is 6.02. The summed E-state index contributed by atoms with van der Waals surface area (Å²) in [6.45, 7) is 9.47. The van der Waals surface area contributed by atoms with Gasteiger partial charge in [0.25, 0.3) is 18.3 Å². The molecule has 1 N–H and O–H groups in total. The van der Waals surface area contributed by atoms with E-state index in [0.29, 0.717) is 44.6 Å². The Kier molecular flexibility index (Phi) is 8.51. The van der Waals surface area contributed by atoms with Crippen molar-refractivity contribution in [1.82, 2.24) is 19.7 Å². The highest BCUT2D eigenvalue weighted by molar-refractivity contribution is 6.07. The van der Waals surface area contributed by atoms with Gasteiger partial charge in [0, 0.05) is 38.6 Å². The second-order valence-electron chi connectivity index (χ2n) is 8.66. The monoisotopic (exact) mass is 444 g/mol. The van der Waals surface area contributed by atoms with E-state index in [9.17, 15) is 14.4 Å². The topological polar surface area (TPSA) is 111 Å². The summed E-state index contributed by atoms with van der Waals surface area (Å²) in [5, 5.41) is 6.89. The van der Waals surface area contributed by atoms with E-state index in [1.807, 2.05) is 33.8 Å². The lowest BCUT2D eigenvalue weighted by atomic mass is 9.85. The first kappa shape index (κ1) is 25.0. The van der Waals surface area contributed by atoms with Crippen molar-refractivity contribution in [3.63, 3.8) is 0 Å². The molecule has 0 atom stereocenters. The number of carboxylic acid groups (broad SMARTS) is 1. The summed E-state index contributed by atoms with van der Waals surface area (Å²) < 4.78 is 0. The van der Waals surface area contributed by atoms with Crippen LogP contribution in [0.4, 0.5) is 4.79 Å². The molecule has 2 aliphatic heterocycles. The van der Waals surface area contributed by atoms with Crippen LogP contribution < -0.4 is 0 Å². The number of hydrogen-bond donors (Lipinski definition) is 1. The van der Waals surface area contributed by atoms with Gasteiger partial charge in [0.15, 0.2) is 0 Å². The predicted molar refractivity (Wildman–Crippen MR) is 119 cm³/mol. The Morgan fingerprint density at radius 1 is 1.25 bits per heavy atom. The molecular formula is C23H32N4O5. The van der Waals surface area contributed by atoms with Crippen LogP contribution in [0.2, 0.25) is 0 Å². The molecule has 1 aromatic rings. The number of hydrogen-bond acceptors (Lipinski definition) is 5. The fourth-order valence-electron chi connectivity index (χ4n) is 4.07. The van der Waals surface area contributed by atoms with Crippen LogP contribution in [0.3, 0.4) is 0 Å². The average molecular weight is 445 g/mol. The average Bonchev–Trinajstić information content (AvgIpc) is 2.94. The minimum Gasteiger partial charge on any atom is -0.483 e. The van der Waals surface area contributed by atoms with Crippen LogP contribution in [-0.4, -0.2) is 80.8 Å². The molecule has 9 heteroatoms. The molecule has 2 saturated heterocycles. The van der Waals surface area contributed by atoms with Gasteiger partial charge in [-0.15, -0.1) is 0 Å². The second kappa shape index (κ2) is 10.9. The van der Waals surface area contributed by atoms with E-state index in [1.54, 1.807) is 34.3 Å². The molecule has 2 aliphatic rings. The molecule has 1 aromatic heterocycles. The summed E-state index contributed by atoms with van der Waals surface area (Å²) in [7, 11) is 0. The smallest absolute Gasteiger partial charge is 0.327 e. The zero-order valence-electron chi connectivity index (χ0n) is 19.2. The highest BCUT2D eigenvalue weighted by Gasteiger charge is 2.57. The minimum absolute atomic E-state index is 0.0819.